The maximum Gasteiger partial charge on any atom is 0.251 e. The van der Waals surface area contributed by atoms with E-state index in [1.165, 1.54) is 19.1 Å². The number of amides is 2. The standard InChI is InChI=1S/C29H32FN7O3/c1-18-15-20(5-6-21(18)29(40)32-9-4-11-36-14-13-35(3)25(39)17-36)34-27-28-33-16-23(37(28)12-10-31-27)22-7-8-24(38)19(2)26(22)30/h5-8,10,12,15-16,38H,4,9,11,13-14,17H2,1-3H3,(H,31,34)(H,32,40). The number of hydrogen-bond donors (Lipinski definition) is 3. The molecular formula is C29H32FN7O3. The van der Waals surface area contributed by atoms with Gasteiger partial charge in [-0.1, -0.05) is 0 Å². The highest BCUT2D eigenvalue weighted by Crippen LogP contribution is 2.31. The van der Waals surface area contributed by atoms with E-state index in [0.29, 0.717) is 41.4 Å². The average molecular weight is 546 g/mol. The highest BCUT2D eigenvalue weighted by atomic mass is 19.1. The Kier molecular flexibility index (Phi) is 7.65. The van der Waals surface area contributed by atoms with Crippen LogP contribution in [0.25, 0.3) is 16.9 Å². The van der Waals surface area contributed by atoms with Crippen LogP contribution in [-0.2, 0) is 4.79 Å². The summed E-state index contributed by atoms with van der Waals surface area (Å²) >= 11 is 0. The summed E-state index contributed by atoms with van der Waals surface area (Å²) in [6, 6.07) is 8.41. The Morgan fingerprint density at radius 1 is 1.15 bits per heavy atom. The lowest BCUT2D eigenvalue weighted by molar-refractivity contribution is -0.134. The third-order valence-electron chi connectivity index (χ3n) is 7.27. The van der Waals surface area contributed by atoms with Gasteiger partial charge < -0.3 is 20.6 Å². The number of anilines is 2. The highest BCUT2D eigenvalue weighted by Gasteiger charge is 2.20. The van der Waals surface area contributed by atoms with Gasteiger partial charge in [0, 0.05) is 68.0 Å². The number of phenolic OH excluding ortho intramolecular Hbond substituents is 1. The Labute approximate surface area is 231 Å². The van der Waals surface area contributed by atoms with Crippen molar-refractivity contribution in [3.63, 3.8) is 0 Å². The monoisotopic (exact) mass is 545 g/mol. The Morgan fingerprint density at radius 3 is 2.75 bits per heavy atom. The third-order valence-corrected chi connectivity index (χ3v) is 7.27. The molecule has 3 heterocycles. The van der Waals surface area contributed by atoms with Crippen molar-refractivity contribution in [3.8, 4) is 17.0 Å². The summed E-state index contributed by atoms with van der Waals surface area (Å²) in [6.07, 6.45) is 5.62. The Morgan fingerprint density at radius 2 is 1.98 bits per heavy atom. The summed E-state index contributed by atoms with van der Waals surface area (Å²) in [5.41, 5.74) is 3.63. The molecule has 0 radical (unpaired) electrons. The summed E-state index contributed by atoms with van der Waals surface area (Å²) in [5, 5.41) is 16.0. The van der Waals surface area contributed by atoms with Gasteiger partial charge in [0.2, 0.25) is 5.91 Å². The molecular weight excluding hydrogens is 513 g/mol. The van der Waals surface area contributed by atoms with Crippen LogP contribution in [0.4, 0.5) is 15.9 Å². The van der Waals surface area contributed by atoms with Crippen molar-refractivity contribution in [2.45, 2.75) is 20.3 Å². The summed E-state index contributed by atoms with van der Waals surface area (Å²) in [5.74, 6) is -0.158. The molecule has 40 heavy (non-hydrogen) atoms. The van der Waals surface area contributed by atoms with E-state index in [2.05, 4.69) is 25.5 Å². The second-order valence-electron chi connectivity index (χ2n) is 10.0. The molecule has 11 heteroatoms. The van der Waals surface area contributed by atoms with Crippen molar-refractivity contribution in [1.29, 1.82) is 0 Å². The summed E-state index contributed by atoms with van der Waals surface area (Å²) < 4.78 is 16.6. The minimum Gasteiger partial charge on any atom is -0.508 e. The number of fused-ring (bicyclic) bond motifs is 1. The number of carbonyl (C=O) groups excluding carboxylic acids is 2. The molecule has 3 N–H and O–H groups in total. The molecule has 208 valence electrons. The van der Waals surface area contributed by atoms with Gasteiger partial charge in [-0.15, -0.1) is 0 Å². The largest absolute Gasteiger partial charge is 0.508 e. The van der Waals surface area contributed by atoms with Gasteiger partial charge in [0.15, 0.2) is 11.5 Å². The summed E-state index contributed by atoms with van der Waals surface area (Å²) in [4.78, 5) is 37.4. The van der Waals surface area contributed by atoms with E-state index in [1.807, 2.05) is 20.0 Å². The van der Waals surface area contributed by atoms with Gasteiger partial charge >= 0.3 is 0 Å². The quantitative estimate of drug-likeness (QED) is 0.290. The van der Waals surface area contributed by atoms with Crippen LogP contribution in [0.5, 0.6) is 5.75 Å². The molecule has 1 aliphatic rings. The molecule has 1 aliphatic heterocycles. The fourth-order valence-corrected chi connectivity index (χ4v) is 4.81. The smallest absolute Gasteiger partial charge is 0.251 e. The number of aryl methyl sites for hydroxylation is 1. The summed E-state index contributed by atoms with van der Waals surface area (Å²) in [7, 11) is 1.82. The predicted octanol–water partition coefficient (Wildman–Crippen LogP) is 3.50. The minimum absolute atomic E-state index is 0.102. The molecule has 4 aromatic rings. The molecule has 0 aliphatic carbocycles. The molecule has 2 aromatic carbocycles. The molecule has 0 unspecified atom stereocenters. The van der Waals surface area contributed by atoms with E-state index in [-0.39, 0.29) is 23.1 Å². The van der Waals surface area contributed by atoms with E-state index in [9.17, 15) is 19.1 Å². The Hall–Kier alpha value is -4.51. The molecule has 5 rings (SSSR count). The maximum atomic E-state index is 14.9. The normalized spacial score (nSPS) is 14.1. The van der Waals surface area contributed by atoms with E-state index in [0.717, 1.165) is 37.3 Å². The van der Waals surface area contributed by atoms with Gasteiger partial charge in [-0.3, -0.25) is 18.9 Å². The molecule has 0 spiro atoms. The summed E-state index contributed by atoms with van der Waals surface area (Å²) in [6.45, 7) is 6.67. The molecule has 0 saturated carbocycles. The lowest BCUT2D eigenvalue weighted by Crippen LogP contribution is -2.48. The highest BCUT2D eigenvalue weighted by molar-refractivity contribution is 5.96. The number of aromatic hydroxyl groups is 1. The number of nitrogens with one attached hydrogen (secondary N) is 2. The molecule has 10 nitrogen and oxygen atoms in total. The molecule has 1 fully saturated rings. The predicted molar refractivity (Wildman–Crippen MR) is 150 cm³/mol. The van der Waals surface area contributed by atoms with E-state index >= 15 is 0 Å². The number of aromatic nitrogens is 3. The Bertz CT molecular complexity index is 1590. The average Bonchev–Trinajstić information content (AvgIpc) is 3.37. The van der Waals surface area contributed by atoms with Crippen molar-refractivity contribution in [3.05, 3.63) is 71.4 Å². The van der Waals surface area contributed by atoms with E-state index in [4.69, 9.17) is 0 Å². The molecule has 1 saturated heterocycles. The lowest BCUT2D eigenvalue weighted by Gasteiger charge is -2.31. The van der Waals surface area contributed by atoms with Gasteiger partial charge in [0.25, 0.3) is 5.91 Å². The zero-order valence-electron chi connectivity index (χ0n) is 22.7. The van der Waals surface area contributed by atoms with Crippen LogP contribution in [0.1, 0.15) is 27.9 Å². The molecule has 0 bridgehead atoms. The van der Waals surface area contributed by atoms with Crippen LogP contribution in [0.15, 0.2) is 48.9 Å². The number of benzene rings is 2. The van der Waals surface area contributed by atoms with E-state index < -0.39 is 5.82 Å². The number of phenols is 1. The number of imidazole rings is 1. The minimum atomic E-state index is -0.507. The van der Waals surface area contributed by atoms with Gasteiger partial charge in [-0.05, 0) is 56.2 Å². The van der Waals surface area contributed by atoms with Crippen molar-refractivity contribution in [2.24, 2.45) is 0 Å². The van der Waals surface area contributed by atoms with Crippen LogP contribution < -0.4 is 10.6 Å². The third kappa shape index (κ3) is 5.46. The van der Waals surface area contributed by atoms with Crippen molar-refractivity contribution < 1.29 is 19.1 Å². The van der Waals surface area contributed by atoms with Crippen LogP contribution >= 0.6 is 0 Å². The number of piperazine rings is 1. The van der Waals surface area contributed by atoms with Gasteiger partial charge in [0.1, 0.15) is 11.6 Å². The second-order valence-corrected chi connectivity index (χ2v) is 10.0. The first-order valence-corrected chi connectivity index (χ1v) is 13.2. The zero-order chi connectivity index (χ0) is 28.4. The van der Waals surface area contributed by atoms with Crippen LogP contribution in [0.3, 0.4) is 0 Å². The topological polar surface area (TPSA) is 115 Å². The zero-order valence-corrected chi connectivity index (χ0v) is 22.7. The van der Waals surface area contributed by atoms with Crippen LogP contribution in [0.2, 0.25) is 0 Å². The van der Waals surface area contributed by atoms with Crippen molar-refractivity contribution in [2.75, 3.05) is 45.1 Å². The number of likely N-dealkylation sites (N-methyl/N-ethyl adjacent to an activating group) is 1. The Balaban J connectivity index is 1.24. The van der Waals surface area contributed by atoms with Gasteiger partial charge in [0.05, 0.1) is 18.4 Å². The number of halogens is 1. The lowest BCUT2D eigenvalue weighted by atomic mass is 10.1. The van der Waals surface area contributed by atoms with Crippen LogP contribution in [-0.4, -0.2) is 80.9 Å². The number of nitrogens with zero attached hydrogens (tertiary/aromatic N) is 5. The first-order valence-electron chi connectivity index (χ1n) is 13.2. The maximum absolute atomic E-state index is 14.9. The van der Waals surface area contributed by atoms with Gasteiger partial charge in [-0.2, -0.15) is 0 Å². The number of rotatable bonds is 8. The van der Waals surface area contributed by atoms with Crippen molar-refractivity contribution in [1.82, 2.24) is 29.5 Å². The first-order chi connectivity index (χ1) is 19.2. The first kappa shape index (κ1) is 27.1. The molecule has 2 amide bonds. The van der Waals surface area contributed by atoms with Crippen LogP contribution in [0, 0.1) is 19.7 Å². The SMILES string of the molecule is Cc1cc(Nc2nccn3c(-c4ccc(O)c(C)c4F)cnc23)ccc1C(=O)NCCCN1CCN(C)C(=O)C1. The fourth-order valence-electron chi connectivity index (χ4n) is 4.81. The molecule has 2 aromatic heterocycles. The van der Waals surface area contributed by atoms with E-state index in [1.54, 1.807) is 40.0 Å². The number of carbonyl (C=O) groups is 2. The second kappa shape index (κ2) is 11.3. The number of hydrogen-bond acceptors (Lipinski definition) is 7. The molecule has 0 atom stereocenters. The van der Waals surface area contributed by atoms with Gasteiger partial charge in [-0.25, -0.2) is 14.4 Å². The fraction of sp³-hybridized carbons (Fsp3) is 0.310. The van der Waals surface area contributed by atoms with Crippen molar-refractivity contribution >= 4 is 29.0 Å².